The van der Waals surface area contributed by atoms with Gasteiger partial charge in [-0.15, -0.1) is 11.3 Å². The summed E-state index contributed by atoms with van der Waals surface area (Å²) >= 11 is 1.70. The quantitative estimate of drug-likeness (QED) is 0.216. The number of nitrogens with zero attached hydrogens (tertiary/aromatic N) is 4. The summed E-state index contributed by atoms with van der Waals surface area (Å²) in [6.07, 6.45) is 4.54. The molecular formula is C30H20FN7OS. The van der Waals surface area contributed by atoms with Crippen LogP contribution >= 0.6 is 11.3 Å². The molecule has 0 saturated carbocycles. The number of benzene rings is 2. The Kier molecular flexibility index (Phi) is 5.67. The van der Waals surface area contributed by atoms with Crippen molar-refractivity contribution in [3.05, 3.63) is 102 Å². The second-order valence-electron chi connectivity index (χ2n) is 9.26. The topological polar surface area (TPSA) is 112 Å². The van der Waals surface area contributed by atoms with Crippen LogP contribution in [0.4, 0.5) is 10.1 Å². The molecule has 7 rings (SSSR count). The van der Waals surface area contributed by atoms with E-state index >= 15 is 4.39 Å². The van der Waals surface area contributed by atoms with Crippen LogP contribution in [-0.4, -0.2) is 36.0 Å². The molecule has 0 aliphatic rings. The van der Waals surface area contributed by atoms with Crippen LogP contribution in [0.15, 0.2) is 85.3 Å². The number of aromatic amines is 2. The third-order valence-electron chi connectivity index (χ3n) is 6.60. The number of carbonyl (C=O) groups is 1. The maximum Gasteiger partial charge on any atom is 0.255 e. The van der Waals surface area contributed by atoms with Crippen molar-refractivity contribution in [2.45, 2.75) is 6.92 Å². The molecule has 0 bridgehead atoms. The predicted molar refractivity (Wildman–Crippen MR) is 155 cm³/mol. The van der Waals surface area contributed by atoms with Crippen molar-refractivity contribution >= 4 is 44.9 Å². The lowest BCUT2D eigenvalue weighted by atomic mass is 10.1. The number of fused-ring (bicyclic) bond motifs is 2. The molecule has 10 heteroatoms. The highest BCUT2D eigenvalue weighted by Crippen LogP contribution is 2.36. The highest BCUT2D eigenvalue weighted by Gasteiger charge is 2.21. The Balaban J connectivity index is 1.28. The number of para-hydroxylation sites is 1. The van der Waals surface area contributed by atoms with E-state index < -0.39 is 5.82 Å². The highest BCUT2D eigenvalue weighted by atomic mass is 32.1. The fraction of sp³-hybridized carbons (Fsp3) is 0.0333. The van der Waals surface area contributed by atoms with Crippen molar-refractivity contribution in [3.8, 4) is 33.2 Å². The van der Waals surface area contributed by atoms with Crippen LogP contribution in [0, 0.1) is 12.7 Å². The van der Waals surface area contributed by atoms with Crippen LogP contribution in [0.25, 0.3) is 55.2 Å². The SMILES string of the molecule is Cc1ccc(-c2cccc3nc(-c4n[nH]c5cnc(-c6cncc(NC(=O)c7ccccc7)c6)c(F)c45)[nH]c23)s1. The molecular weight excluding hydrogens is 525 g/mol. The van der Waals surface area contributed by atoms with E-state index in [1.165, 1.54) is 23.5 Å². The first-order chi connectivity index (χ1) is 19.5. The first kappa shape index (κ1) is 23.9. The van der Waals surface area contributed by atoms with Crippen LogP contribution in [0.5, 0.6) is 0 Å². The molecule has 0 radical (unpaired) electrons. The summed E-state index contributed by atoms with van der Waals surface area (Å²) < 4.78 is 16.1. The number of imidazole rings is 1. The van der Waals surface area contributed by atoms with E-state index in [4.69, 9.17) is 4.98 Å². The lowest BCUT2D eigenvalue weighted by Gasteiger charge is -2.08. The molecule has 0 aliphatic carbocycles. The first-order valence-corrected chi connectivity index (χ1v) is 13.3. The van der Waals surface area contributed by atoms with Gasteiger partial charge in [0.15, 0.2) is 11.6 Å². The average molecular weight is 546 g/mol. The minimum Gasteiger partial charge on any atom is -0.336 e. The van der Waals surface area contributed by atoms with E-state index in [-0.39, 0.29) is 17.0 Å². The summed E-state index contributed by atoms with van der Waals surface area (Å²) in [5.41, 5.74) is 4.86. The fourth-order valence-electron chi connectivity index (χ4n) is 4.71. The zero-order valence-electron chi connectivity index (χ0n) is 21.1. The molecule has 194 valence electrons. The number of hydrogen-bond acceptors (Lipinski definition) is 6. The molecule has 2 aromatic carbocycles. The van der Waals surface area contributed by atoms with Crippen LogP contribution in [0.3, 0.4) is 0 Å². The van der Waals surface area contributed by atoms with Crippen LogP contribution in [-0.2, 0) is 0 Å². The lowest BCUT2D eigenvalue weighted by molar-refractivity contribution is 0.102. The third-order valence-corrected chi connectivity index (χ3v) is 7.63. The number of anilines is 1. The molecule has 0 fully saturated rings. The molecule has 0 unspecified atom stereocenters. The number of thiophene rings is 1. The van der Waals surface area contributed by atoms with E-state index in [1.54, 1.807) is 41.7 Å². The Hall–Kier alpha value is -5.22. The van der Waals surface area contributed by atoms with Crippen molar-refractivity contribution < 1.29 is 9.18 Å². The van der Waals surface area contributed by atoms with Crippen LogP contribution in [0.2, 0.25) is 0 Å². The summed E-state index contributed by atoms with van der Waals surface area (Å²) in [6.45, 7) is 2.07. The second kappa shape index (κ2) is 9.51. The van der Waals surface area contributed by atoms with Gasteiger partial charge in [0, 0.05) is 32.6 Å². The smallest absolute Gasteiger partial charge is 0.255 e. The van der Waals surface area contributed by atoms with Gasteiger partial charge in [-0.2, -0.15) is 5.10 Å². The van der Waals surface area contributed by atoms with Gasteiger partial charge in [-0.25, -0.2) is 9.37 Å². The van der Waals surface area contributed by atoms with Crippen molar-refractivity contribution in [2.24, 2.45) is 0 Å². The zero-order chi connectivity index (χ0) is 27.2. The largest absolute Gasteiger partial charge is 0.336 e. The number of carbonyl (C=O) groups excluding carboxylic acids is 1. The van der Waals surface area contributed by atoms with Crippen molar-refractivity contribution in [2.75, 3.05) is 5.32 Å². The van der Waals surface area contributed by atoms with E-state index in [9.17, 15) is 4.79 Å². The number of aryl methyl sites for hydroxylation is 1. The maximum absolute atomic E-state index is 16.1. The van der Waals surface area contributed by atoms with Crippen molar-refractivity contribution in [1.82, 2.24) is 30.1 Å². The number of H-pyrrole nitrogens is 2. The van der Waals surface area contributed by atoms with E-state index in [0.29, 0.717) is 33.8 Å². The Labute approximate surface area is 231 Å². The zero-order valence-corrected chi connectivity index (χ0v) is 21.9. The number of nitrogens with one attached hydrogen (secondary N) is 3. The maximum atomic E-state index is 16.1. The number of rotatable bonds is 5. The minimum absolute atomic E-state index is 0.0873. The summed E-state index contributed by atoms with van der Waals surface area (Å²) in [7, 11) is 0. The Bertz CT molecular complexity index is 2040. The molecule has 7 aromatic rings. The monoisotopic (exact) mass is 545 g/mol. The van der Waals surface area contributed by atoms with Gasteiger partial charge in [0.2, 0.25) is 0 Å². The molecule has 0 atom stereocenters. The normalized spacial score (nSPS) is 11.3. The van der Waals surface area contributed by atoms with Gasteiger partial charge in [0.05, 0.1) is 40.0 Å². The molecule has 5 aromatic heterocycles. The van der Waals surface area contributed by atoms with E-state index in [1.807, 2.05) is 24.3 Å². The molecule has 1 amide bonds. The third kappa shape index (κ3) is 4.11. The first-order valence-electron chi connectivity index (χ1n) is 12.5. The molecule has 0 saturated heterocycles. The van der Waals surface area contributed by atoms with Crippen molar-refractivity contribution in [1.29, 1.82) is 0 Å². The van der Waals surface area contributed by atoms with E-state index in [2.05, 4.69) is 49.5 Å². The van der Waals surface area contributed by atoms with Crippen LogP contribution < -0.4 is 5.32 Å². The van der Waals surface area contributed by atoms with Gasteiger partial charge < -0.3 is 10.3 Å². The van der Waals surface area contributed by atoms with E-state index in [0.717, 1.165) is 21.5 Å². The molecule has 8 nitrogen and oxygen atoms in total. The number of hydrogen-bond donors (Lipinski definition) is 3. The average Bonchev–Trinajstić information content (AvgIpc) is 3.72. The van der Waals surface area contributed by atoms with Gasteiger partial charge >= 0.3 is 0 Å². The molecule has 0 spiro atoms. The number of halogens is 1. The minimum atomic E-state index is -0.566. The summed E-state index contributed by atoms with van der Waals surface area (Å²) in [5.74, 6) is -0.410. The molecule has 0 aliphatic heterocycles. The fourth-order valence-corrected chi connectivity index (χ4v) is 5.61. The predicted octanol–water partition coefficient (Wildman–Crippen LogP) is 6.99. The number of amides is 1. The second-order valence-corrected chi connectivity index (χ2v) is 10.5. The molecule has 3 N–H and O–H groups in total. The summed E-state index contributed by atoms with van der Waals surface area (Å²) in [5, 5.41) is 10.3. The lowest BCUT2D eigenvalue weighted by Crippen LogP contribution is -2.11. The van der Waals surface area contributed by atoms with Gasteiger partial charge in [0.1, 0.15) is 11.4 Å². The van der Waals surface area contributed by atoms with Crippen molar-refractivity contribution in [3.63, 3.8) is 0 Å². The highest BCUT2D eigenvalue weighted by molar-refractivity contribution is 7.15. The van der Waals surface area contributed by atoms with Gasteiger partial charge in [0.25, 0.3) is 5.91 Å². The van der Waals surface area contributed by atoms with Crippen LogP contribution in [0.1, 0.15) is 15.2 Å². The van der Waals surface area contributed by atoms with Gasteiger partial charge in [-0.05, 0) is 43.3 Å². The number of aromatic nitrogens is 6. The Morgan fingerprint density at radius 1 is 0.975 bits per heavy atom. The standard InChI is InChI=1S/C30H20FN7OS/c1-16-10-11-23(40-16)20-8-5-9-21-27(20)36-29(35-21)28-24-22(37-38-28)15-33-26(25(24)31)18-12-19(14-32-13-18)34-30(39)17-6-3-2-4-7-17/h2-15H,1H3,(H,34,39)(H,35,36)(H,37,38). The molecule has 5 heterocycles. The Morgan fingerprint density at radius 3 is 2.67 bits per heavy atom. The summed E-state index contributed by atoms with van der Waals surface area (Å²) in [4.78, 5) is 31.6. The summed E-state index contributed by atoms with van der Waals surface area (Å²) in [6, 6.07) is 20.5. The van der Waals surface area contributed by atoms with Gasteiger partial charge in [-0.1, -0.05) is 30.3 Å². The number of pyridine rings is 2. The Morgan fingerprint density at radius 2 is 1.85 bits per heavy atom. The van der Waals surface area contributed by atoms with Gasteiger partial charge in [-0.3, -0.25) is 19.9 Å². The molecule has 40 heavy (non-hydrogen) atoms.